The summed E-state index contributed by atoms with van der Waals surface area (Å²) in [5.41, 5.74) is 0.828. The number of rotatable bonds is 4. The molecule has 1 atom stereocenters. The lowest BCUT2D eigenvalue weighted by Gasteiger charge is -2.35. The first-order chi connectivity index (χ1) is 12.2. The fourth-order valence-corrected chi connectivity index (χ4v) is 2.64. The van der Waals surface area contributed by atoms with Gasteiger partial charge in [0, 0.05) is 18.8 Å². The molecule has 1 aromatic heterocycles. The van der Waals surface area contributed by atoms with Gasteiger partial charge in [0.05, 0.1) is 32.9 Å². The van der Waals surface area contributed by atoms with Crippen molar-refractivity contribution in [3.8, 4) is 5.88 Å². The molecule has 3 rings (SSSR count). The normalized spacial score (nSPS) is 17.2. The molecule has 1 aromatic carbocycles. The first-order valence-corrected chi connectivity index (χ1v) is 7.91. The van der Waals surface area contributed by atoms with Gasteiger partial charge in [-0.2, -0.15) is 4.98 Å². The minimum atomic E-state index is -0.313. The van der Waals surface area contributed by atoms with Gasteiger partial charge in [-0.3, -0.25) is 0 Å². The van der Waals surface area contributed by atoms with Crippen molar-refractivity contribution < 1.29 is 18.7 Å². The molecule has 0 aliphatic carbocycles. The molecule has 0 bridgehead atoms. The summed E-state index contributed by atoms with van der Waals surface area (Å²) in [4.78, 5) is 22.5. The van der Waals surface area contributed by atoms with E-state index in [-0.39, 0.29) is 24.4 Å². The monoisotopic (exact) mass is 346 g/mol. The molecule has 1 aliphatic rings. The Hall–Kier alpha value is -2.74. The minimum absolute atomic E-state index is 0.184. The lowest BCUT2D eigenvalue weighted by Crippen LogP contribution is -2.48. The van der Waals surface area contributed by atoms with Crippen LogP contribution in [0.3, 0.4) is 0 Å². The number of nitrogens with one attached hydrogen (secondary N) is 1. The molecule has 8 heteroatoms. The molecular formula is C17H19FN4O3. The summed E-state index contributed by atoms with van der Waals surface area (Å²) in [7, 11) is 1.52. The first kappa shape index (κ1) is 17.1. The number of amides is 2. The zero-order valence-corrected chi connectivity index (χ0v) is 13.8. The van der Waals surface area contributed by atoms with E-state index in [1.807, 2.05) is 0 Å². The molecule has 1 fully saturated rings. The molecule has 25 heavy (non-hydrogen) atoms. The van der Waals surface area contributed by atoms with Crippen LogP contribution in [0.5, 0.6) is 5.88 Å². The molecule has 1 saturated heterocycles. The molecule has 0 unspecified atom stereocenters. The average Bonchev–Trinajstić information content (AvgIpc) is 2.67. The summed E-state index contributed by atoms with van der Waals surface area (Å²) in [6.07, 6.45) is 1.57. The number of methoxy groups -OCH3 is 1. The highest BCUT2D eigenvalue weighted by Crippen LogP contribution is 2.24. The third kappa shape index (κ3) is 4.21. The number of aromatic nitrogens is 2. The standard InChI is InChI=1S/C17H19FN4O3/c1-24-16-6-7-19-15(21-16)10-20-17(23)22-8-9-25-11-14(22)12-2-4-13(18)5-3-12/h2-7,14H,8-11H2,1H3,(H,20,23)/t14-/m0/s1. The molecule has 132 valence electrons. The van der Waals surface area contributed by atoms with E-state index in [9.17, 15) is 9.18 Å². The Morgan fingerprint density at radius 3 is 2.96 bits per heavy atom. The molecule has 1 aliphatic heterocycles. The summed E-state index contributed by atoms with van der Waals surface area (Å²) in [6, 6.07) is 7.22. The van der Waals surface area contributed by atoms with Crippen LogP contribution in [0.15, 0.2) is 36.5 Å². The van der Waals surface area contributed by atoms with E-state index in [0.29, 0.717) is 31.5 Å². The number of nitrogens with zero attached hydrogens (tertiary/aromatic N) is 3. The maximum Gasteiger partial charge on any atom is 0.318 e. The topological polar surface area (TPSA) is 76.6 Å². The molecule has 0 saturated carbocycles. The van der Waals surface area contributed by atoms with E-state index >= 15 is 0 Å². The van der Waals surface area contributed by atoms with E-state index in [1.54, 1.807) is 29.3 Å². The Bertz CT molecular complexity index is 726. The van der Waals surface area contributed by atoms with E-state index in [1.165, 1.54) is 19.2 Å². The highest BCUT2D eigenvalue weighted by molar-refractivity contribution is 5.74. The fourth-order valence-electron chi connectivity index (χ4n) is 2.64. The van der Waals surface area contributed by atoms with Gasteiger partial charge in [-0.05, 0) is 17.7 Å². The Labute approximate surface area is 144 Å². The number of benzene rings is 1. The van der Waals surface area contributed by atoms with Gasteiger partial charge in [0.2, 0.25) is 5.88 Å². The Kier molecular flexibility index (Phi) is 5.39. The van der Waals surface area contributed by atoms with Crippen LogP contribution in [0.4, 0.5) is 9.18 Å². The van der Waals surface area contributed by atoms with Crippen molar-refractivity contribution in [2.45, 2.75) is 12.6 Å². The van der Waals surface area contributed by atoms with Crippen molar-refractivity contribution in [1.82, 2.24) is 20.2 Å². The second kappa shape index (κ2) is 7.89. The lowest BCUT2D eigenvalue weighted by molar-refractivity contribution is 0.0115. The van der Waals surface area contributed by atoms with Gasteiger partial charge in [0.25, 0.3) is 0 Å². The zero-order valence-electron chi connectivity index (χ0n) is 13.8. The van der Waals surface area contributed by atoms with Crippen molar-refractivity contribution in [3.63, 3.8) is 0 Å². The minimum Gasteiger partial charge on any atom is -0.481 e. The van der Waals surface area contributed by atoms with Crippen LogP contribution in [0, 0.1) is 5.82 Å². The number of hydrogen-bond acceptors (Lipinski definition) is 5. The van der Waals surface area contributed by atoms with E-state index < -0.39 is 0 Å². The van der Waals surface area contributed by atoms with Crippen LogP contribution < -0.4 is 10.1 Å². The van der Waals surface area contributed by atoms with Crippen molar-refractivity contribution in [2.24, 2.45) is 0 Å². The summed E-state index contributed by atoms with van der Waals surface area (Å²) < 4.78 is 23.7. The lowest BCUT2D eigenvalue weighted by atomic mass is 10.1. The second-order valence-corrected chi connectivity index (χ2v) is 5.51. The molecule has 2 heterocycles. The number of carbonyl (C=O) groups is 1. The molecule has 0 radical (unpaired) electrons. The fraction of sp³-hybridized carbons (Fsp3) is 0.353. The Morgan fingerprint density at radius 1 is 1.40 bits per heavy atom. The quantitative estimate of drug-likeness (QED) is 0.915. The average molecular weight is 346 g/mol. The van der Waals surface area contributed by atoms with E-state index in [4.69, 9.17) is 9.47 Å². The van der Waals surface area contributed by atoms with Crippen molar-refractivity contribution >= 4 is 6.03 Å². The third-order valence-corrected chi connectivity index (χ3v) is 3.93. The number of carbonyl (C=O) groups excluding carboxylic acids is 1. The van der Waals surface area contributed by atoms with E-state index in [0.717, 1.165) is 5.56 Å². The van der Waals surface area contributed by atoms with E-state index in [2.05, 4.69) is 15.3 Å². The largest absolute Gasteiger partial charge is 0.481 e. The number of morpholine rings is 1. The van der Waals surface area contributed by atoms with Crippen LogP contribution in [0.1, 0.15) is 17.4 Å². The van der Waals surface area contributed by atoms with Gasteiger partial charge < -0.3 is 19.7 Å². The molecule has 0 spiro atoms. The number of urea groups is 1. The molecule has 7 nitrogen and oxygen atoms in total. The van der Waals surface area contributed by atoms with Gasteiger partial charge in [0.15, 0.2) is 5.82 Å². The van der Waals surface area contributed by atoms with Gasteiger partial charge in [-0.15, -0.1) is 0 Å². The summed E-state index contributed by atoms with van der Waals surface area (Å²) in [5, 5.41) is 2.81. The summed E-state index contributed by atoms with van der Waals surface area (Å²) in [6.45, 7) is 1.46. The van der Waals surface area contributed by atoms with Crippen LogP contribution in [0.2, 0.25) is 0 Å². The number of ether oxygens (including phenoxy) is 2. The first-order valence-electron chi connectivity index (χ1n) is 7.91. The van der Waals surface area contributed by atoms with Crippen LogP contribution in [-0.4, -0.2) is 47.8 Å². The van der Waals surface area contributed by atoms with Crippen LogP contribution in [0.25, 0.3) is 0 Å². The van der Waals surface area contributed by atoms with Gasteiger partial charge in [-0.25, -0.2) is 14.2 Å². The molecular weight excluding hydrogens is 327 g/mol. The second-order valence-electron chi connectivity index (χ2n) is 5.51. The zero-order chi connectivity index (χ0) is 17.6. The molecule has 2 amide bonds. The predicted octanol–water partition coefficient (Wildman–Crippen LogP) is 1.91. The number of hydrogen-bond donors (Lipinski definition) is 1. The number of halogens is 1. The highest BCUT2D eigenvalue weighted by atomic mass is 19.1. The maximum atomic E-state index is 13.1. The summed E-state index contributed by atoms with van der Waals surface area (Å²) in [5.74, 6) is 0.584. The highest BCUT2D eigenvalue weighted by Gasteiger charge is 2.28. The van der Waals surface area contributed by atoms with Crippen molar-refractivity contribution in [1.29, 1.82) is 0 Å². The van der Waals surface area contributed by atoms with Crippen LogP contribution >= 0.6 is 0 Å². The smallest absolute Gasteiger partial charge is 0.318 e. The van der Waals surface area contributed by atoms with Gasteiger partial charge >= 0.3 is 6.03 Å². The SMILES string of the molecule is COc1ccnc(CNC(=O)N2CCOC[C@H]2c2ccc(F)cc2)n1. The maximum absolute atomic E-state index is 13.1. The Morgan fingerprint density at radius 2 is 2.20 bits per heavy atom. The summed E-state index contributed by atoms with van der Waals surface area (Å²) >= 11 is 0. The van der Waals surface area contributed by atoms with Crippen molar-refractivity contribution in [2.75, 3.05) is 26.9 Å². The van der Waals surface area contributed by atoms with Gasteiger partial charge in [-0.1, -0.05) is 12.1 Å². The third-order valence-electron chi connectivity index (χ3n) is 3.93. The van der Waals surface area contributed by atoms with Crippen LogP contribution in [-0.2, 0) is 11.3 Å². The molecule has 1 N–H and O–H groups in total. The predicted molar refractivity (Wildman–Crippen MR) is 87.5 cm³/mol. The van der Waals surface area contributed by atoms with Gasteiger partial charge in [0.1, 0.15) is 5.82 Å². The molecule has 2 aromatic rings. The Balaban J connectivity index is 1.67. The van der Waals surface area contributed by atoms with Crippen molar-refractivity contribution in [3.05, 3.63) is 53.7 Å².